The Hall–Kier alpha value is -4.25. The zero-order valence-electron chi connectivity index (χ0n) is 18.4. The molecule has 0 saturated carbocycles. The van der Waals surface area contributed by atoms with Gasteiger partial charge in [-0.3, -0.25) is 10.1 Å². The first-order valence-electron chi connectivity index (χ1n) is 10.1. The summed E-state index contributed by atoms with van der Waals surface area (Å²) in [5.41, 5.74) is 2.37. The molecule has 0 fully saturated rings. The van der Waals surface area contributed by atoms with Crippen LogP contribution in [0.4, 0.5) is 5.13 Å². The molecule has 2 aromatic carbocycles. The highest BCUT2D eigenvalue weighted by Gasteiger charge is 2.16. The number of amides is 1. The molecular weight excluding hydrogens is 458 g/mol. The molecule has 2 aromatic heterocycles. The van der Waals surface area contributed by atoms with Crippen LogP contribution in [0.25, 0.3) is 11.3 Å². The summed E-state index contributed by atoms with van der Waals surface area (Å²) in [4.78, 5) is 28.9. The van der Waals surface area contributed by atoms with E-state index in [0.717, 1.165) is 11.1 Å². The molecule has 0 bridgehead atoms. The predicted octanol–water partition coefficient (Wildman–Crippen LogP) is 3.26. The molecule has 1 amide bonds. The minimum atomic E-state index is -0.740. The molecule has 10 nitrogen and oxygen atoms in total. The van der Waals surface area contributed by atoms with Gasteiger partial charge in [0.05, 0.1) is 32.7 Å². The first-order chi connectivity index (χ1) is 16.6. The van der Waals surface area contributed by atoms with E-state index < -0.39 is 18.5 Å². The van der Waals surface area contributed by atoms with Crippen molar-refractivity contribution in [2.45, 2.75) is 6.54 Å². The summed E-state index contributed by atoms with van der Waals surface area (Å²) in [5, 5.41) is 12.5. The van der Waals surface area contributed by atoms with Crippen LogP contribution in [0, 0.1) is 0 Å². The number of rotatable bonds is 9. The van der Waals surface area contributed by atoms with Gasteiger partial charge in [0.25, 0.3) is 5.91 Å². The maximum atomic E-state index is 12.3. The molecule has 0 radical (unpaired) electrons. The maximum absolute atomic E-state index is 12.3. The van der Waals surface area contributed by atoms with E-state index in [1.807, 2.05) is 30.3 Å². The quantitative estimate of drug-likeness (QED) is 0.364. The smallest absolute Gasteiger partial charge is 0.361 e. The highest BCUT2D eigenvalue weighted by Crippen LogP contribution is 2.35. The second-order valence-corrected chi connectivity index (χ2v) is 7.87. The van der Waals surface area contributed by atoms with Gasteiger partial charge in [-0.2, -0.15) is 0 Å². The first-order valence-corrected chi connectivity index (χ1v) is 11.0. The summed E-state index contributed by atoms with van der Waals surface area (Å²) >= 11 is 1.23. The number of benzene rings is 2. The number of thiazole rings is 1. The Morgan fingerprint density at radius 2 is 1.91 bits per heavy atom. The fraction of sp³-hybridized carbons (Fsp3) is 0.174. The highest BCUT2D eigenvalue weighted by atomic mass is 32.1. The van der Waals surface area contributed by atoms with Crippen LogP contribution in [0.3, 0.4) is 0 Å². The number of carbonyl (C=O) groups excluding carboxylic acids is 2. The molecule has 0 spiro atoms. The molecule has 174 valence electrons. The number of ether oxygens (including phenoxy) is 3. The van der Waals surface area contributed by atoms with Crippen LogP contribution in [0.2, 0.25) is 0 Å². The van der Waals surface area contributed by atoms with Crippen molar-refractivity contribution >= 4 is 28.3 Å². The Morgan fingerprint density at radius 3 is 2.68 bits per heavy atom. The number of anilines is 1. The number of hydrogen-bond acceptors (Lipinski definition) is 9. The number of nitrogens with one attached hydrogen (secondary N) is 1. The van der Waals surface area contributed by atoms with Gasteiger partial charge in [-0.25, -0.2) is 14.5 Å². The molecule has 0 unspecified atom stereocenters. The van der Waals surface area contributed by atoms with E-state index in [-0.39, 0.29) is 5.69 Å². The van der Waals surface area contributed by atoms with Crippen LogP contribution in [-0.2, 0) is 16.1 Å². The van der Waals surface area contributed by atoms with E-state index in [4.69, 9.17) is 14.2 Å². The van der Waals surface area contributed by atoms with Crippen molar-refractivity contribution in [1.29, 1.82) is 0 Å². The standard InChI is InChI=1S/C23H21N5O5S/c1-31-16-8-9-20(32-2)17(10-16)19-14-34-23(24-19)25-21(29)13-33-22(30)18-12-28(27-26-18)11-15-6-4-3-5-7-15/h3-10,12,14H,11,13H2,1-2H3,(H,24,25,29). The summed E-state index contributed by atoms with van der Waals surface area (Å²) in [6.07, 6.45) is 1.47. The molecular formula is C23H21N5O5S. The normalized spacial score (nSPS) is 10.5. The first kappa shape index (κ1) is 22.9. The fourth-order valence-electron chi connectivity index (χ4n) is 3.07. The van der Waals surface area contributed by atoms with E-state index in [1.54, 1.807) is 37.8 Å². The van der Waals surface area contributed by atoms with Gasteiger partial charge in [-0.15, -0.1) is 16.4 Å². The topological polar surface area (TPSA) is 117 Å². The molecule has 0 aliphatic carbocycles. The number of nitrogens with zero attached hydrogens (tertiary/aromatic N) is 4. The predicted molar refractivity (Wildman–Crippen MR) is 125 cm³/mol. The largest absolute Gasteiger partial charge is 0.497 e. The summed E-state index contributed by atoms with van der Waals surface area (Å²) in [7, 11) is 3.14. The lowest BCUT2D eigenvalue weighted by molar-refractivity contribution is -0.119. The number of carbonyl (C=O) groups is 2. The van der Waals surface area contributed by atoms with Crippen molar-refractivity contribution in [3.8, 4) is 22.8 Å². The van der Waals surface area contributed by atoms with E-state index in [9.17, 15) is 9.59 Å². The van der Waals surface area contributed by atoms with Gasteiger partial charge >= 0.3 is 5.97 Å². The minimum Gasteiger partial charge on any atom is -0.497 e. The number of esters is 1. The Kier molecular flexibility index (Phi) is 7.13. The van der Waals surface area contributed by atoms with Crippen LogP contribution >= 0.6 is 11.3 Å². The molecule has 0 saturated heterocycles. The molecule has 0 atom stereocenters. The lowest BCUT2D eigenvalue weighted by atomic mass is 10.1. The van der Waals surface area contributed by atoms with E-state index in [0.29, 0.717) is 28.9 Å². The maximum Gasteiger partial charge on any atom is 0.361 e. The number of methoxy groups -OCH3 is 2. The molecule has 0 aliphatic rings. The van der Waals surface area contributed by atoms with E-state index >= 15 is 0 Å². The van der Waals surface area contributed by atoms with Gasteiger partial charge in [0.2, 0.25) is 0 Å². The van der Waals surface area contributed by atoms with Gasteiger partial charge in [0.15, 0.2) is 17.4 Å². The van der Waals surface area contributed by atoms with Gasteiger partial charge in [0, 0.05) is 10.9 Å². The molecule has 34 heavy (non-hydrogen) atoms. The third-order valence-corrected chi connectivity index (χ3v) is 5.46. The van der Waals surface area contributed by atoms with Gasteiger partial charge < -0.3 is 14.2 Å². The van der Waals surface area contributed by atoms with E-state index in [1.165, 1.54) is 22.2 Å². The Labute approximate surface area is 199 Å². The average Bonchev–Trinajstić information content (AvgIpc) is 3.52. The van der Waals surface area contributed by atoms with Crippen molar-refractivity contribution in [2.75, 3.05) is 26.1 Å². The average molecular weight is 480 g/mol. The van der Waals surface area contributed by atoms with E-state index in [2.05, 4.69) is 20.6 Å². The van der Waals surface area contributed by atoms with Crippen molar-refractivity contribution in [1.82, 2.24) is 20.0 Å². The molecule has 2 heterocycles. The Bertz CT molecular complexity index is 1290. The van der Waals surface area contributed by atoms with Crippen LogP contribution in [0.15, 0.2) is 60.1 Å². The van der Waals surface area contributed by atoms with Crippen LogP contribution in [-0.4, -0.2) is 52.7 Å². The highest BCUT2D eigenvalue weighted by molar-refractivity contribution is 7.14. The van der Waals surface area contributed by atoms with Crippen molar-refractivity contribution in [3.05, 3.63) is 71.4 Å². The van der Waals surface area contributed by atoms with Gasteiger partial charge in [0.1, 0.15) is 11.5 Å². The van der Waals surface area contributed by atoms with Crippen LogP contribution in [0.1, 0.15) is 16.1 Å². The van der Waals surface area contributed by atoms with Gasteiger partial charge in [-0.05, 0) is 23.8 Å². The zero-order valence-corrected chi connectivity index (χ0v) is 19.2. The van der Waals surface area contributed by atoms with Crippen molar-refractivity contribution in [3.63, 3.8) is 0 Å². The van der Waals surface area contributed by atoms with Crippen molar-refractivity contribution in [2.24, 2.45) is 0 Å². The lowest BCUT2D eigenvalue weighted by Gasteiger charge is -2.08. The summed E-state index contributed by atoms with van der Waals surface area (Å²) in [6.45, 7) is -0.0200. The van der Waals surface area contributed by atoms with Crippen LogP contribution in [0.5, 0.6) is 11.5 Å². The fourth-order valence-corrected chi connectivity index (χ4v) is 3.80. The van der Waals surface area contributed by atoms with Gasteiger partial charge in [-0.1, -0.05) is 35.5 Å². The molecule has 4 aromatic rings. The third-order valence-electron chi connectivity index (χ3n) is 4.70. The Morgan fingerprint density at radius 1 is 1.09 bits per heavy atom. The lowest BCUT2D eigenvalue weighted by Crippen LogP contribution is -2.21. The number of hydrogen-bond donors (Lipinski definition) is 1. The van der Waals surface area contributed by atoms with Crippen LogP contribution < -0.4 is 14.8 Å². The summed E-state index contributed by atoms with van der Waals surface area (Å²) in [5.74, 6) is 0.0131. The molecule has 1 N–H and O–H groups in total. The second-order valence-electron chi connectivity index (χ2n) is 7.02. The van der Waals surface area contributed by atoms with Crippen molar-refractivity contribution < 1.29 is 23.8 Å². The third kappa shape index (κ3) is 5.56. The SMILES string of the molecule is COc1ccc(OC)c(-c2csc(NC(=O)COC(=O)c3cn(Cc4ccccc4)nn3)n2)c1. The Balaban J connectivity index is 1.32. The monoisotopic (exact) mass is 479 g/mol. The second kappa shape index (κ2) is 10.6. The molecule has 4 rings (SSSR count). The zero-order chi connectivity index (χ0) is 23.9. The molecule has 11 heteroatoms. The summed E-state index contributed by atoms with van der Waals surface area (Å²) < 4.78 is 17.2. The molecule has 0 aliphatic heterocycles. The number of aromatic nitrogens is 4. The minimum absolute atomic E-state index is 0.0189. The summed E-state index contributed by atoms with van der Waals surface area (Å²) in [6, 6.07) is 15.0.